The Bertz CT molecular complexity index is 967. The molecule has 9 nitrogen and oxygen atoms in total. The third-order valence-electron chi connectivity index (χ3n) is 3.69. The summed E-state index contributed by atoms with van der Waals surface area (Å²) in [6.45, 7) is -0.502. The molecular formula is C19H17Cl2N3O6. The molecular weight excluding hydrogens is 437 g/mol. The minimum Gasteiger partial charge on any atom is -0.456 e. The summed E-state index contributed by atoms with van der Waals surface area (Å²) in [5, 5.41) is 16.4. The van der Waals surface area contributed by atoms with E-state index in [4.69, 9.17) is 27.9 Å². The van der Waals surface area contributed by atoms with Crippen LogP contribution in [-0.4, -0.2) is 29.3 Å². The number of nitro benzene ring substituents is 1. The highest BCUT2D eigenvalue weighted by Crippen LogP contribution is 2.25. The van der Waals surface area contributed by atoms with Crippen LogP contribution in [0.25, 0.3) is 0 Å². The molecule has 0 heterocycles. The molecule has 0 fully saturated rings. The highest BCUT2D eigenvalue weighted by molar-refractivity contribution is 6.36. The first kappa shape index (κ1) is 23.1. The van der Waals surface area contributed by atoms with Crippen molar-refractivity contribution in [2.24, 2.45) is 0 Å². The lowest BCUT2D eigenvalue weighted by Gasteiger charge is -2.08. The van der Waals surface area contributed by atoms with Gasteiger partial charge >= 0.3 is 5.97 Å². The quantitative estimate of drug-likeness (QED) is 0.332. The molecule has 30 heavy (non-hydrogen) atoms. The number of benzene rings is 2. The molecule has 2 rings (SSSR count). The van der Waals surface area contributed by atoms with Gasteiger partial charge in [0.15, 0.2) is 6.61 Å². The van der Waals surface area contributed by atoms with E-state index >= 15 is 0 Å². The minimum absolute atomic E-state index is 0.00434. The van der Waals surface area contributed by atoms with E-state index in [1.165, 1.54) is 36.4 Å². The fraction of sp³-hybridized carbons (Fsp3) is 0.211. The van der Waals surface area contributed by atoms with Gasteiger partial charge in [-0.05, 0) is 30.7 Å². The van der Waals surface area contributed by atoms with Gasteiger partial charge in [-0.1, -0.05) is 29.3 Å². The van der Waals surface area contributed by atoms with Crippen LogP contribution in [0.3, 0.4) is 0 Å². The molecule has 0 atom stereocenters. The first-order valence-electron chi connectivity index (χ1n) is 8.69. The second-order valence-electron chi connectivity index (χ2n) is 6.04. The minimum atomic E-state index is -0.643. The number of anilines is 2. The fourth-order valence-corrected chi connectivity index (χ4v) is 2.77. The van der Waals surface area contributed by atoms with Crippen LogP contribution in [0.1, 0.15) is 19.3 Å². The van der Waals surface area contributed by atoms with E-state index in [1.54, 1.807) is 6.07 Å². The summed E-state index contributed by atoms with van der Waals surface area (Å²) in [6, 6.07) is 10.0. The van der Waals surface area contributed by atoms with Gasteiger partial charge in [0, 0.05) is 35.7 Å². The average Bonchev–Trinajstić information content (AvgIpc) is 2.68. The summed E-state index contributed by atoms with van der Waals surface area (Å²) in [4.78, 5) is 45.6. The maximum absolute atomic E-state index is 11.9. The fourth-order valence-electron chi connectivity index (χ4n) is 2.31. The van der Waals surface area contributed by atoms with Crippen LogP contribution >= 0.6 is 23.2 Å². The van der Waals surface area contributed by atoms with Gasteiger partial charge in [-0.3, -0.25) is 24.5 Å². The predicted octanol–water partition coefficient (Wildman–Crippen LogP) is 4.19. The molecule has 0 saturated heterocycles. The van der Waals surface area contributed by atoms with Crippen LogP contribution in [0.15, 0.2) is 42.5 Å². The number of rotatable bonds is 9. The molecule has 2 amide bonds. The lowest BCUT2D eigenvalue weighted by Crippen LogP contribution is -2.21. The van der Waals surface area contributed by atoms with Gasteiger partial charge in [0.1, 0.15) is 0 Å². The Kier molecular flexibility index (Phi) is 8.57. The summed E-state index contributed by atoms with van der Waals surface area (Å²) in [5.74, 6) is -1.62. The number of hydrogen-bond acceptors (Lipinski definition) is 6. The summed E-state index contributed by atoms with van der Waals surface area (Å²) in [7, 11) is 0. The van der Waals surface area contributed by atoms with Crippen molar-refractivity contribution in [3.8, 4) is 0 Å². The van der Waals surface area contributed by atoms with Crippen LogP contribution in [0, 0.1) is 10.1 Å². The van der Waals surface area contributed by atoms with Crippen molar-refractivity contribution in [1.82, 2.24) is 0 Å². The van der Waals surface area contributed by atoms with Crippen molar-refractivity contribution in [3.63, 3.8) is 0 Å². The molecule has 0 bridgehead atoms. The Morgan fingerprint density at radius 2 is 1.77 bits per heavy atom. The Morgan fingerprint density at radius 3 is 2.47 bits per heavy atom. The molecule has 158 valence electrons. The normalized spacial score (nSPS) is 10.2. The number of nitro groups is 1. The lowest BCUT2D eigenvalue weighted by molar-refractivity contribution is -0.384. The third kappa shape index (κ3) is 7.69. The van der Waals surface area contributed by atoms with E-state index < -0.39 is 29.3 Å². The summed E-state index contributed by atoms with van der Waals surface area (Å²) >= 11 is 11.7. The SMILES string of the molecule is O=C(CCCC(=O)OCC(=O)Nc1ccc(Cl)cc1Cl)Nc1cccc([N+](=O)[O-])c1. The predicted molar refractivity (Wildman–Crippen MR) is 112 cm³/mol. The highest BCUT2D eigenvalue weighted by atomic mass is 35.5. The molecule has 0 saturated carbocycles. The van der Waals surface area contributed by atoms with Gasteiger partial charge in [0.2, 0.25) is 5.91 Å². The molecule has 0 aliphatic heterocycles. The van der Waals surface area contributed by atoms with Gasteiger partial charge in [-0.2, -0.15) is 0 Å². The van der Waals surface area contributed by atoms with Crippen LogP contribution in [-0.2, 0) is 19.1 Å². The van der Waals surface area contributed by atoms with Crippen molar-refractivity contribution < 1.29 is 24.0 Å². The number of halogens is 2. The van der Waals surface area contributed by atoms with Crippen molar-refractivity contribution in [2.45, 2.75) is 19.3 Å². The van der Waals surface area contributed by atoms with Gasteiger partial charge in [0.05, 0.1) is 15.6 Å². The largest absolute Gasteiger partial charge is 0.456 e. The number of non-ortho nitro benzene ring substituents is 1. The first-order valence-corrected chi connectivity index (χ1v) is 9.45. The van der Waals surface area contributed by atoms with E-state index in [1.807, 2.05) is 0 Å². The van der Waals surface area contributed by atoms with Gasteiger partial charge < -0.3 is 15.4 Å². The number of ether oxygens (including phenoxy) is 1. The molecule has 11 heteroatoms. The summed E-state index contributed by atoms with van der Waals surface area (Å²) in [6.07, 6.45) is 0.117. The molecule has 2 N–H and O–H groups in total. The lowest BCUT2D eigenvalue weighted by atomic mass is 10.2. The van der Waals surface area contributed by atoms with Crippen LogP contribution in [0.2, 0.25) is 10.0 Å². The molecule has 0 aliphatic carbocycles. The Morgan fingerprint density at radius 1 is 1.00 bits per heavy atom. The van der Waals surface area contributed by atoms with Crippen LogP contribution in [0.5, 0.6) is 0 Å². The van der Waals surface area contributed by atoms with Crippen molar-refractivity contribution in [3.05, 3.63) is 62.6 Å². The van der Waals surface area contributed by atoms with Crippen LogP contribution < -0.4 is 10.6 Å². The number of nitrogens with one attached hydrogen (secondary N) is 2. The number of nitrogens with zero attached hydrogens (tertiary/aromatic N) is 1. The average molecular weight is 454 g/mol. The van der Waals surface area contributed by atoms with Crippen molar-refractivity contribution in [2.75, 3.05) is 17.2 Å². The van der Waals surface area contributed by atoms with Crippen molar-refractivity contribution in [1.29, 1.82) is 0 Å². The van der Waals surface area contributed by atoms with Crippen LogP contribution in [0.4, 0.5) is 17.1 Å². The summed E-state index contributed by atoms with van der Waals surface area (Å²) in [5.41, 5.74) is 0.476. The van der Waals surface area contributed by atoms with E-state index in [2.05, 4.69) is 10.6 Å². The molecule has 0 aliphatic rings. The van der Waals surface area contributed by atoms with Gasteiger partial charge in [0.25, 0.3) is 11.6 Å². The Labute approximate surface area is 181 Å². The molecule has 0 aromatic heterocycles. The summed E-state index contributed by atoms with van der Waals surface area (Å²) < 4.78 is 4.86. The monoisotopic (exact) mass is 453 g/mol. The molecule has 2 aromatic rings. The zero-order chi connectivity index (χ0) is 22.1. The number of carbonyl (C=O) groups excluding carboxylic acids is 3. The second kappa shape index (κ2) is 11.1. The smallest absolute Gasteiger partial charge is 0.306 e. The molecule has 2 aromatic carbocycles. The Hall–Kier alpha value is -3.17. The van der Waals surface area contributed by atoms with E-state index in [0.29, 0.717) is 10.7 Å². The van der Waals surface area contributed by atoms with Crippen molar-refractivity contribution >= 4 is 58.0 Å². The zero-order valence-corrected chi connectivity index (χ0v) is 17.0. The standard InChI is InChI=1S/C19H17Cl2N3O6/c20-12-7-8-16(15(21)9-12)23-18(26)11-30-19(27)6-2-5-17(25)22-13-3-1-4-14(10-13)24(28)29/h1,3-4,7-10H,2,5-6,11H2,(H,22,25)(H,23,26). The Balaban J connectivity index is 1.68. The van der Waals surface area contributed by atoms with E-state index in [9.17, 15) is 24.5 Å². The number of hydrogen-bond donors (Lipinski definition) is 2. The first-order chi connectivity index (χ1) is 14.2. The molecule has 0 spiro atoms. The topological polar surface area (TPSA) is 128 Å². The second-order valence-corrected chi connectivity index (χ2v) is 6.89. The number of carbonyl (C=O) groups is 3. The zero-order valence-electron chi connectivity index (χ0n) is 15.5. The van der Waals surface area contributed by atoms with Gasteiger partial charge in [-0.15, -0.1) is 0 Å². The third-order valence-corrected chi connectivity index (χ3v) is 4.24. The maximum Gasteiger partial charge on any atom is 0.306 e. The molecule has 0 radical (unpaired) electrons. The van der Waals surface area contributed by atoms with E-state index in [0.717, 1.165) is 0 Å². The van der Waals surface area contributed by atoms with Gasteiger partial charge in [-0.25, -0.2) is 0 Å². The number of amides is 2. The highest BCUT2D eigenvalue weighted by Gasteiger charge is 2.12. The molecule has 0 unspecified atom stereocenters. The van der Waals surface area contributed by atoms with E-state index in [-0.39, 0.29) is 35.7 Å². The number of esters is 1. The maximum atomic E-state index is 11.9.